The van der Waals surface area contributed by atoms with E-state index in [0.29, 0.717) is 24.9 Å². The highest BCUT2D eigenvalue weighted by Gasteiger charge is 2.20. The smallest absolute Gasteiger partial charge is 0.241 e. The summed E-state index contributed by atoms with van der Waals surface area (Å²) in [4.78, 5) is 14.3. The van der Waals surface area contributed by atoms with Gasteiger partial charge in [-0.3, -0.25) is 9.80 Å². The molecule has 2 aromatic carbocycles. The number of hydrogen-bond acceptors (Lipinski definition) is 8. The summed E-state index contributed by atoms with van der Waals surface area (Å²) in [7, 11) is 0. The Kier molecular flexibility index (Phi) is 6.99. The average molecular weight is 476 g/mol. The largest absolute Gasteiger partial charge is 0.494 e. The Balaban J connectivity index is 1.12. The summed E-state index contributed by atoms with van der Waals surface area (Å²) in [6.45, 7) is 10.2. The third kappa shape index (κ3) is 5.35. The lowest BCUT2D eigenvalue weighted by atomic mass is 10.1. The summed E-state index contributed by atoms with van der Waals surface area (Å²) >= 11 is 1.70. The van der Waals surface area contributed by atoms with Crippen molar-refractivity contribution in [1.82, 2.24) is 24.9 Å². The van der Waals surface area contributed by atoms with Crippen molar-refractivity contribution in [3.63, 3.8) is 0 Å². The van der Waals surface area contributed by atoms with Crippen LogP contribution in [-0.4, -0.2) is 57.7 Å². The number of aromatic nitrogens is 3. The third-order valence-electron chi connectivity index (χ3n) is 6.03. The fourth-order valence-electron chi connectivity index (χ4n) is 4.15. The van der Waals surface area contributed by atoms with Crippen LogP contribution in [0.15, 0.2) is 58.4 Å². The molecule has 0 spiro atoms. The van der Waals surface area contributed by atoms with Gasteiger partial charge in [0.2, 0.25) is 11.7 Å². The molecule has 1 fully saturated rings. The maximum atomic E-state index is 5.53. The predicted octanol–water partition coefficient (Wildman–Crippen LogP) is 4.89. The molecule has 0 N–H and O–H groups in total. The summed E-state index contributed by atoms with van der Waals surface area (Å²) < 4.78 is 11.1. The molecule has 4 aromatic rings. The zero-order chi connectivity index (χ0) is 23.3. The molecule has 0 amide bonds. The van der Waals surface area contributed by atoms with Crippen molar-refractivity contribution in [3.05, 3.63) is 71.1 Å². The fourth-order valence-corrected chi connectivity index (χ4v) is 4.97. The van der Waals surface area contributed by atoms with Crippen LogP contribution in [0.3, 0.4) is 0 Å². The first-order valence-electron chi connectivity index (χ1n) is 11.7. The highest BCUT2D eigenvalue weighted by Crippen LogP contribution is 2.26. The van der Waals surface area contributed by atoms with E-state index in [1.807, 2.05) is 37.3 Å². The molecule has 3 heterocycles. The van der Waals surface area contributed by atoms with Crippen LogP contribution in [0.25, 0.3) is 22.0 Å². The standard InChI is InChI=1S/C26H29N5O2S/c1-3-32-22-10-8-20(9-11-22)26-27-21(18-34-26)16-30-12-14-31(15-13-30)17-24-28-25(29-33-24)23-7-5-4-6-19(23)2/h4-11,18H,3,12-17H2,1-2H3. The van der Waals surface area contributed by atoms with E-state index in [2.05, 4.69) is 50.4 Å². The summed E-state index contributed by atoms with van der Waals surface area (Å²) in [5.41, 5.74) is 4.43. The Hall–Kier alpha value is -3.07. The number of ether oxygens (including phenoxy) is 1. The molecular weight excluding hydrogens is 446 g/mol. The number of nitrogens with zero attached hydrogens (tertiary/aromatic N) is 5. The number of hydrogen-bond donors (Lipinski definition) is 0. The van der Waals surface area contributed by atoms with Crippen molar-refractivity contribution < 1.29 is 9.26 Å². The van der Waals surface area contributed by atoms with Gasteiger partial charge in [0.1, 0.15) is 10.8 Å². The molecule has 34 heavy (non-hydrogen) atoms. The average Bonchev–Trinajstić information content (AvgIpc) is 3.51. The van der Waals surface area contributed by atoms with Gasteiger partial charge in [0, 0.05) is 49.2 Å². The van der Waals surface area contributed by atoms with Gasteiger partial charge >= 0.3 is 0 Å². The van der Waals surface area contributed by atoms with Gasteiger partial charge in [-0.15, -0.1) is 11.3 Å². The second-order valence-corrected chi connectivity index (χ2v) is 9.34. The van der Waals surface area contributed by atoms with E-state index in [9.17, 15) is 0 Å². The van der Waals surface area contributed by atoms with E-state index in [1.165, 1.54) is 0 Å². The second-order valence-electron chi connectivity index (χ2n) is 8.48. The van der Waals surface area contributed by atoms with Crippen molar-refractivity contribution in [1.29, 1.82) is 0 Å². The normalized spacial score (nSPS) is 15.0. The Morgan fingerprint density at radius 1 is 0.941 bits per heavy atom. The number of thiazole rings is 1. The van der Waals surface area contributed by atoms with Crippen molar-refractivity contribution in [2.24, 2.45) is 0 Å². The van der Waals surface area contributed by atoms with Crippen molar-refractivity contribution in [2.75, 3.05) is 32.8 Å². The molecular formula is C26H29N5O2S. The van der Waals surface area contributed by atoms with E-state index >= 15 is 0 Å². The van der Waals surface area contributed by atoms with Crippen molar-refractivity contribution >= 4 is 11.3 Å². The molecule has 0 aliphatic carbocycles. The number of rotatable bonds is 8. The van der Waals surface area contributed by atoms with Gasteiger partial charge in [0.25, 0.3) is 0 Å². The molecule has 8 heteroatoms. The SMILES string of the molecule is CCOc1ccc(-c2nc(CN3CCN(Cc4nc(-c5ccccc5C)no4)CC3)cs2)cc1. The topological polar surface area (TPSA) is 67.5 Å². The summed E-state index contributed by atoms with van der Waals surface area (Å²) in [5.74, 6) is 2.23. The molecule has 1 aliphatic rings. The van der Waals surface area contributed by atoms with E-state index in [0.717, 1.165) is 65.9 Å². The van der Waals surface area contributed by atoms with Gasteiger partial charge < -0.3 is 9.26 Å². The van der Waals surface area contributed by atoms with Crippen molar-refractivity contribution in [2.45, 2.75) is 26.9 Å². The minimum Gasteiger partial charge on any atom is -0.494 e. The maximum absolute atomic E-state index is 5.53. The van der Waals surface area contributed by atoms with Crippen LogP contribution in [0.2, 0.25) is 0 Å². The zero-order valence-electron chi connectivity index (χ0n) is 19.6. The highest BCUT2D eigenvalue weighted by atomic mass is 32.1. The monoisotopic (exact) mass is 475 g/mol. The first-order valence-corrected chi connectivity index (χ1v) is 12.6. The zero-order valence-corrected chi connectivity index (χ0v) is 20.4. The van der Waals surface area contributed by atoms with E-state index in [4.69, 9.17) is 14.2 Å². The van der Waals surface area contributed by atoms with Gasteiger partial charge in [0.15, 0.2) is 0 Å². The minimum atomic E-state index is 0.665. The lowest BCUT2D eigenvalue weighted by molar-refractivity contribution is 0.111. The highest BCUT2D eigenvalue weighted by molar-refractivity contribution is 7.13. The van der Waals surface area contributed by atoms with Gasteiger partial charge in [-0.2, -0.15) is 4.98 Å². The summed E-state index contributed by atoms with van der Waals surface area (Å²) in [6.07, 6.45) is 0. The van der Waals surface area contributed by atoms with E-state index < -0.39 is 0 Å². The lowest BCUT2D eigenvalue weighted by Crippen LogP contribution is -2.45. The van der Waals surface area contributed by atoms with Gasteiger partial charge in [-0.25, -0.2) is 4.98 Å². The molecule has 176 valence electrons. The predicted molar refractivity (Wildman–Crippen MR) is 134 cm³/mol. The summed E-state index contributed by atoms with van der Waals surface area (Å²) in [5, 5.41) is 7.41. The van der Waals surface area contributed by atoms with Crippen LogP contribution in [0.1, 0.15) is 24.1 Å². The number of aryl methyl sites for hydroxylation is 1. The fraction of sp³-hybridized carbons (Fsp3) is 0.346. The number of piperazine rings is 1. The lowest BCUT2D eigenvalue weighted by Gasteiger charge is -2.33. The van der Waals surface area contributed by atoms with Crippen LogP contribution in [-0.2, 0) is 13.1 Å². The Labute approximate surface area is 204 Å². The third-order valence-corrected chi connectivity index (χ3v) is 6.97. The van der Waals surface area contributed by atoms with Crippen molar-refractivity contribution in [3.8, 4) is 27.7 Å². The maximum Gasteiger partial charge on any atom is 0.241 e. The molecule has 0 bridgehead atoms. The van der Waals surface area contributed by atoms with Crippen LogP contribution in [0, 0.1) is 6.92 Å². The number of benzene rings is 2. The molecule has 0 radical (unpaired) electrons. The second kappa shape index (κ2) is 10.5. The van der Waals surface area contributed by atoms with Crippen LogP contribution in [0.4, 0.5) is 0 Å². The summed E-state index contributed by atoms with van der Waals surface area (Å²) in [6, 6.07) is 16.3. The molecule has 0 unspecified atom stereocenters. The molecule has 1 aliphatic heterocycles. The quantitative estimate of drug-likeness (QED) is 0.360. The molecule has 7 nitrogen and oxygen atoms in total. The van der Waals surface area contributed by atoms with Gasteiger partial charge in [-0.05, 0) is 43.7 Å². The minimum absolute atomic E-state index is 0.665. The molecule has 2 aromatic heterocycles. The van der Waals surface area contributed by atoms with Crippen LogP contribution >= 0.6 is 11.3 Å². The van der Waals surface area contributed by atoms with Crippen LogP contribution in [0.5, 0.6) is 5.75 Å². The van der Waals surface area contributed by atoms with Gasteiger partial charge in [0.05, 0.1) is 18.8 Å². The first kappa shape index (κ1) is 22.7. The molecule has 0 saturated carbocycles. The van der Waals surface area contributed by atoms with E-state index in [1.54, 1.807) is 11.3 Å². The molecule has 5 rings (SSSR count). The Bertz CT molecular complexity index is 1210. The van der Waals surface area contributed by atoms with Gasteiger partial charge in [-0.1, -0.05) is 29.4 Å². The Morgan fingerprint density at radius 3 is 2.41 bits per heavy atom. The van der Waals surface area contributed by atoms with E-state index in [-0.39, 0.29) is 0 Å². The molecule has 0 atom stereocenters. The Morgan fingerprint density at radius 2 is 1.68 bits per heavy atom. The molecule has 1 saturated heterocycles. The first-order chi connectivity index (χ1) is 16.7. The van der Waals surface area contributed by atoms with Crippen LogP contribution < -0.4 is 4.74 Å².